The number of ether oxygens (including phenoxy) is 1. The molecule has 2 fully saturated rings. The first-order valence-corrected chi connectivity index (χ1v) is 8.04. The van der Waals surface area contributed by atoms with Crippen molar-refractivity contribution in [2.24, 2.45) is 5.41 Å². The normalized spacial score (nSPS) is 30.1. The number of cyclic esters (lactones) is 1. The second-order valence-corrected chi connectivity index (χ2v) is 6.64. The highest BCUT2D eigenvalue weighted by atomic mass is 16.5. The molecule has 2 aromatic carbocycles. The molecule has 0 aromatic heterocycles. The Hall–Kier alpha value is -2.09. The monoisotopic (exact) mass is 292 g/mol. The Bertz CT molecular complexity index is 679. The first kappa shape index (κ1) is 13.6. The molecule has 2 nitrogen and oxygen atoms in total. The molecule has 112 valence electrons. The lowest BCUT2D eigenvalue weighted by molar-refractivity contribution is -0.143. The van der Waals surface area contributed by atoms with E-state index in [2.05, 4.69) is 36.4 Å². The maximum atomic E-state index is 12.8. The van der Waals surface area contributed by atoms with Crippen LogP contribution in [0.2, 0.25) is 0 Å². The van der Waals surface area contributed by atoms with Crippen LogP contribution in [0.15, 0.2) is 60.7 Å². The number of rotatable bonds is 3. The van der Waals surface area contributed by atoms with E-state index in [9.17, 15) is 4.79 Å². The molecule has 2 atom stereocenters. The summed E-state index contributed by atoms with van der Waals surface area (Å²) in [6.45, 7) is 0.551. The van der Waals surface area contributed by atoms with Gasteiger partial charge in [-0.15, -0.1) is 0 Å². The van der Waals surface area contributed by atoms with E-state index in [1.54, 1.807) is 0 Å². The van der Waals surface area contributed by atoms with Crippen LogP contribution in [0.4, 0.5) is 0 Å². The smallest absolute Gasteiger partial charge is 0.317 e. The Morgan fingerprint density at radius 1 is 0.909 bits per heavy atom. The number of fused-ring (bicyclic) bond motifs is 1. The van der Waals surface area contributed by atoms with E-state index in [4.69, 9.17) is 4.74 Å². The van der Waals surface area contributed by atoms with Crippen LogP contribution < -0.4 is 0 Å². The molecule has 4 rings (SSSR count). The molecule has 0 radical (unpaired) electrons. The van der Waals surface area contributed by atoms with Crippen molar-refractivity contribution < 1.29 is 9.53 Å². The van der Waals surface area contributed by atoms with Gasteiger partial charge in [-0.3, -0.25) is 4.79 Å². The highest BCUT2D eigenvalue weighted by molar-refractivity contribution is 5.87. The quantitative estimate of drug-likeness (QED) is 0.802. The molecule has 0 unspecified atom stereocenters. The van der Waals surface area contributed by atoms with Crippen molar-refractivity contribution in [2.75, 3.05) is 6.61 Å². The Kier molecular flexibility index (Phi) is 3.07. The molecular formula is C20H20O2. The lowest BCUT2D eigenvalue weighted by Gasteiger charge is -2.36. The van der Waals surface area contributed by atoms with E-state index in [1.165, 1.54) is 5.56 Å². The fraction of sp³-hybridized carbons (Fsp3) is 0.350. The zero-order chi connectivity index (χ0) is 15.0. The zero-order valence-electron chi connectivity index (χ0n) is 12.6. The van der Waals surface area contributed by atoms with Crippen LogP contribution in [0, 0.1) is 5.41 Å². The molecule has 1 aliphatic carbocycles. The van der Waals surface area contributed by atoms with Crippen molar-refractivity contribution in [1.29, 1.82) is 0 Å². The third kappa shape index (κ3) is 1.76. The number of hydrogen-bond acceptors (Lipinski definition) is 2. The minimum absolute atomic E-state index is 0.0212. The van der Waals surface area contributed by atoms with Crippen molar-refractivity contribution in [1.82, 2.24) is 0 Å². The van der Waals surface area contributed by atoms with Crippen LogP contribution in [-0.4, -0.2) is 12.6 Å². The van der Waals surface area contributed by atoms with E-state index < -0.39 is 5.41 Å². The van der Waals surface area contributed by atoms with E-state index >= 15 is 0 Å². The molecule has 2 aromatic rings. The second kappa shape index (κ2) is 4.98. The van der Waals surface area contributed by atoms with Crippen molar-refractivity contribution in [3.8, 4) is 0 Å². The third-order valence-corrected chi connectivity index (χ3v) is 5.59. The molecule has 1 heterocycles. The first-order chi connectivity index (χ1) is 10.8. The van der Waals surface area contributed by atoms with Gasteiger partial charge in [0.05, 0.1) is 6.61 Å². The molecule has 22 heavy (non-hydrogen) atoms. The Balaban J connectivity index is 1.82. The summed E-state index contributed by atoms with van der Waals surface area (Å²) in [6, 6.07) is 20.8. The SMILES string of the molecule is O=C1OC[C@]2(Cc3ccccc3)CCC[C@]12c1ccccc1. The predicted octanol–water partition coefficient (Wildman–Crippen LogP) is 3.89. The number of carbonyl (C=O) groups is 1. The van der Waals surface area contributed by atoms with Gasteiger partial charge in [-0.1, -0.05) is 67.1 Å². The highest BCUT2D eigenvalue weighted by Gasteiger charge is 2.65. The average Bonchev–Trinajstić information content (AvgIpc) is 3.06. The molecule has 0 N–H and O–H groups in total. The number of carbonyl (C=O) groups excluding carboxylic acids is 1. The summed E-state index contributed by atoms with van der Waals surface area (Å²) in [7, 11) is 0. The van der Waals surface area contributed by atoms with E-state index in [0.717, 1.165) is 31.2 Å². The minimum Gasteiger partial charge on any atom is -0.464 e. The number of hydrogen-bond donors (Lipinski definition) is 0. The van der Waals surface area contributed by atoms with Gasteiger partial charge < -0.3 is 4.74 Å². The Morgan fingerprint density at radius 3 is 2.32 bits per heavy atom. The zero-order valence-corrected chi connectivity index (χ0v) is 12.6. The maximum Gasteiger partial charge on any atom is 0.317 e. The lowest BCUT2D eigenvalue weighted by Crippen LogP contribution is -2.44. The van der Waals surface area contributed by atoms with Gasteiger partial charge in [-0.05, 0) is 30.4 Å². The molecule has 2 heteroatoms. The van der Waals surface area contributed by atoms with Gasteiger partial charge in [-0.25, -0.2) is 0 Å². The highest BCUT2D eigenvalue weighted by Crippen LogP contribution is 2.60. The summed E-state index contributed by atoms with van der Waals surface area (Å²) in [5.74, 6) is -0.0212. The lowest BCUT2D eigenvalue weighted by atomic mass is 9.61. The summed E-state index contributed by atoms with van der Waals surface area (Å²) in [5.41, 5.74) is 1.88. The molecule has 1 saturated carbocycles. The van der Waals surface area contributed by atoms with E-state index in [-0.39, 0.29) is 11.4 Å². The standard InChI is InChI=1S/C20H20O2/c21-18-20(17-10-5-2-6-11-17)13-7-12-19(20,15-22-18)14-16-8-3-1-4-9-16/h1-6,8-11H,7,12-15H2/t19-,20+/m1/s1. The van der Waals surface area contributed by atoms with Gasteiger partial charge in [0.25, 0.3) is 0 Å². The second-order valence-electron chi connectivity index (χ2n) is 6.64. The van der Waals surface area contributed by atoms with Crippen molar-refractivity contribution in [3.63, 3.8) is 0 Å². The van der Waals surface area contributed by atoms with Gasteiger partial charge in [0.2, 0.25) is 0 Å². The number of benzene rings is 2. The number of esters is 1. The van der Waals surface area contributed by atoms with Crippen LogP contribution >= 0.6 is 0 Å². The summed E-state index contributed by atoms with van der Waals surface area (Å²) in [5, 5.41) is 0. The molecule has 0 spiro atoms. The van der Waals surface area contributed by atoms with Gasteiger partial charge >= 0.3 is 5.97 Å². The summed E-state index contributed by atoms with van der Waals surface area (Å²) in [4.78, 5) is 12.8. The van der Waals surface area contributed by atoms with Crippen LogP contribution in [0.1, 0.15) is 30.4 Å². The molecule has 2 aliphatic rings. The largest absolute Gasteiger partial charge is 0.464 e. The summed E-state index contributed by atoms with van der Waals surface area (Å²) < 4.78 is 5.61. The van der Waals surface area contributed by atoms with Gasteiger partial charge in [-0.2, -0.15) is 0 Å². The topological polar surface area (TPSA) is 26.3 Å². The first-order valence-electron chi connectivity index (χ1n) is 8.04. The van der Waals surface area contributed by atoms with Crippen molar-refractivity contribution >= 4 is 5.97 Å². The molecule has 0 bridgehead atoms. The van der Waals surface area contributed by atoms with E-state index in [1.807, 2.05) is 24.3 Å². The Morgan fingerprint density at radius 2 is 1.59 bits per heavy atom. The summed E-state index contributed by atoms with van der Waals surface area (Å²) in [6.07, 6.45) is 3.97. The third-order valence-electron chi connectivity index (χ3n) is 5.59. The fourth-order valence-corrected chi connectivity index (χ4v) is 4.58. The summed E-state index contributed by atoms with van der Waals surface area (Å²) >= 11 is 0. The molecule has 1 saturated heterocycles. The average molecular weight is 292 g/mol. The van der Waals surface area contributed by atoms with Crippen LogP contribution in [0.5, 0.6) is 0 Å². The van der Waals surface area contributed by atoms with Gasteiger partial charge in [0, 0.05) is 5.41 Å². The molecule has 1 aliphatic heterocycles. The maximum absolute atomic E-state index is 12.8. The molecule has 0 amide bonds. The van der Waals surface area contributed by atoms with Gasteiger partial charge in [0.1, 0.15) is 5.41 Å². The van der Waals surface area contributed by atoms with Crippen molar-refractivity contribution in [3.05, 3.63) is 71.8 Å². The van der Waals surface area contributed by atoms with E-state index in [0.29, 0.717) is 6.61 Å². The molecular weight excluding hydrogens is 272 g/mol. The van der Waals surface area contributed by atoms with Gasteiger partial charge in [0.15, 0.2) is 0 Å². The minimum atomic E-state index is -0.454. The Labute approximate surface area is 131 Å². The van der Waals surface area contributed by atoms with Crippen molar-refractivity contribution in [2.45, 2.75) is 31.1 Å². The predicted molar refractivity (Wildman–Crippen MR) is 85.5 cm³/mol. The fourth-order valence-electron chi connectivity index (χ4n) is 4.58. The van der Waals surface area contributed by atoms with Crippen LogP contribution in [0.25, 0.3) is 0 Å². The van der Waals surface area contributed by atoms with Crippen LogP contribution in [0.3, 0.4) is 0 Å². The van der Waals surface area contributed by atoms with Crippen LogP contribution in [-0.2, 0) is 21.4 Å².